The Morgan fingerprint density at radius 3 is 2.46 bits per heavy atom. The topological polar surface area (TPSA) is 122 Å². The minimum absolute atomic E-state index is 0.379. The number of hydroxylamine groups is 1. The minimum atomic E-state index is -5.08. The standard InChI is InChI=1S/C14H11N3O3S.C2HF3O2/c1-20-10-4-9(6-15-7-10)14-16-11-3-2-8(13(18)17-19)5-12(11)21-14;3-2(4,5)1(6)7/h2-7,19H,1H3,(H,17,18);(H,6,7). The molecule has 0 radical (unpaired) electrons. The monoisotopic (exact) mass is 415 g/mol. The number of benzene rings is 1. The van der Waals surface area contributed by atoms with Crippen molar-refractivity contribution in [3.05, 3.63) is 42.2 Å². The van der Waals surface area contributed by atoms with Gasteiger partial charge in [0.2, 0.25) is 0 Å². The number of thiazole rings is 1. The third-order valence-corrected chi connectivity index (χ3v) is 4.26. The van der Waals surface area contributed by atoms with Crippen molar-refractivity contribution >= 4 is 33.4 Å². The molecule has 2 aromatic heterocycles. The van der Waals surface area contributed by atoms with Crippen molar-refractivity contribution in [2.45, 2.75) is 6.18 Å². The SMILES string of the molecule is COc1cncc(-c2nc3ccc(C(=O)NO)cc3s2)c1.O=C(O)C(F)(F)F. The summed E-state index contributed by atoms with van der Waals surface area (Å²) in [6, 6.07) is 6.90. The van der Waals surface area contributed by atoms with Gasteiger partial charge in [0.15, 0.2) is 0 Å². The smallest absolute Gasteiger partial charge is 0.490 e. The van der Waals surface area contributed by atoms with Gasteiger partial charge < -0.3 is 9.84 Å². The molecule has 0 aliphatic heterocycles. The predicted molar refractivity (Wildman–Crippen MR) is 92.3 cm³/mol. The van der Waals surface area contributed by atoms with Crippen LogP contribution in [0, 0.1) is 0 Å². The number of carboxylic acids is 1. The summed E-state index contributed by atoms with van der Waals surface area (Å²) in [5.41, 5.74) is 3.63. The number of methoxy groups -OCH3 is 1. The molecule has 148 valence electrons. The van der Waals surface area contributed by atoms with Gasteiger partial charge in [-0.1, -0.05) is 0 Å². The fourth-order valence-corrected chi connectivity index (χ4v) is 2.89. The first-order valence-electron chi connectivity index (χ1n) is 7.30. The number of nitrogens with one attached hydrogen (secondary N) is 1. The van der Waals surface area contributed by atoms with Gasteiger partial charge in [-0.15, -0.1) is 11.3 Å². The van der Waals surface area contributed by atoms with Crippen LogP contribution < -0.4 is 10.2 Å². The molecule has 2 heterocycles. The third kappa shape index (κ3) is 5.14. The summed E-state index contributed by atoms with van der Waals surface area (Å²) in [5.74, 6) is -2.64. The number of aromatic nitrogens is 2. The Kier molecular flexibility index (Phi) is 6.49. The molecule has 12 heteroatoms. The molecule has 3 aromatic rings. The zero-order chi connectivity index (χ0) is 20.9. The lowest BCUT2D eigenvalue weighted by Gasteiger charge is -1.99. The number of ether oxygens (including phenoxy) is 1. The Bertz CT molecular complexity index is 1010. The number of rotatable bonds is 3. The molecule has 0 aliphatic rings. The largest absolute Gasteiger partial charge is 0.495 e. The number of carbonyl (C=O) groups is 2. The van der Waals surface area contributed by atoms with Gasteiger partial charge in [0.1, 0.15) is 10.8 Å². The van der Waals surface area contributed by atoms with Gasteiger partial charge in [0.25, 0.3) is 5.91 Å². The quantitative estimate of drug-likeness (QED) is 0.444. The minimum Gasteiger partial charge on any atom is -0.495 e. The Labute approximate surface area is 159 Å². The van der Waals surface area contributed by atoms with Gasteiger partial charge in [-0.2, -0.15) is 13.2 Å². The van der Waals surface area contributed by atoms with Gasteiger partial charge in [0.05, 0.1) is 23.5 Å². The Morgan fingerprint density at radius 1 is 1.21 bits per heavy atom. The second-order valence-electron chi connectivity index (χ2n) is 5.06. The molecular formula is C16H12F3N3O5S. The highest BCUT2D eigenvalue weighted by Gasteiger charge is 2.38. The van der Waals surface area contributed by atoms with E-state index >= 15 is 0 Å². The van der Waals surface area contributed by atoms with Gasteiger partial charge in [-0.25, -0.2) is 15.3 Å². The van der Waals surface area contributed by atoms with E-state index in [1.54, 1.807) is 43.2 Å². The van der Waals surface area contributed by atoms with Crippen LogP contribution in [-0.2, 0) is 4.79 Å². The molecule has 3 rings (SSSR count). The summed E-state index contributed by atoms with van der Waals surface area (Å²) < 4.78 is 37.7. The van der Waals surface area contributed by atoms with Crippen molar-refractivity contribution < 1.29 is 37.8 Å². The summed E-state index contributed by atoms with van der Waals surface area (Å²) in [5, 5.41) is 16.6. The molecule has 0 saturated carbocycles. The van der Waals surface area contributed by atoms with Crippen LogP contribution in [0.4, 0.5) is 13.2 Å². The molecule has 1 aromatic carbocycles. The van der Waals surface area contributed by atoms with Crippen LogP contribution in [0.15, 0.2) is 36.7 Å². The molecule has 0 spiro atoms. The summed E-state index contributed by atoms with van der Waals surface area (Å²) >= 11 is 1.44. The first-order valence-corrected chi connectivity index (χ1v) is 8.12. The molecule has 0 aliphatic carbocycles. The van der Waals surface area contributed by atoms with E-state index in [1.807, 2.05) is 6.07 Å². The second kappa shape index (κ2) is 8.63. The highest BCUT2D eigenvalue weighted by atomic mass is 32.1. The first-order chi connectivity index (χ1) is 13.2. The highest BCUT2D eigenvalue weighted by Crippen LogP contribution is 2.31. The maximum absolute atomic E-state index is 11.4. The number of hydrogen-bond acceptors (Lipinski definition) is 7. The molecule has 3 N–H and O–H groups in total. The number of halogens is 3. The molecule has 0 unspecified atom stereocenters. The average Bonchev–Trinajstić information content (AvgIpc) is 3.10. The van der Waals surface area contributed by atoms with Gasteiger partial charge in [0, 0.05) is 17.3 Å². The predicted octanol–water partition coefficient (Wildman–Crippen LogP) is 3.12. The Morgan fingerprint density at radius 2 is 1.89 bits per heavy atom. The lowest BCUT2D eigenvalue weighted by molar-refractivity contribution is -0.192. The number of amides is 1. The van der Waals surface area contributed by atoms with Crippen molar-refractivity contribution in [2.24, 2.45) is 0 Å². The molecular weight excluding hydrogens is 403 g/mol. The lowest BCUT2D eigenvalue weighted by atomic mass is 10.2. The normalized spacial score (nSPS) is 10.8. The summed E-state index contributed by atoms with van der Waals surface area (Å²) in [6.07, 6.45) is -1.75. The van der Waals surface area contributed by atoms with E-state index in [1.165, 1.54) is 11.3 Å². The van der Waals surface area contributed by atoms with Crippen LogP contribution in [0.5, 0.6) is 5.75 Å². The number of carboxylic acid groups (broad SMARTS) is 1. The van der Waals surface area contributed by atoms with Crippen molar-refractivity contribution in [2.75, 3.05) is 7.11 Å². The molecule has 0 atom stereocenters. The van der Waals surface area contributed by atoms with E-state index in [0.717, 1.165) is 20.8 Å². The number of hydrogen-bond donors (Lipinski definition) is 3. The summed E-state index contributed by atoms with van der Waals surface area (Å²) in [4.78, 5) is 28.9. The van der Waals surface area contributed by atoms with Crippen LogP contribution in [0.3, 0.4) is 0 Å². The van der Waals surface area contributed by atoms with Crippen LogP contribution in [-0.4, -0.2) is 45.4 Å². The van der Waals surface area contributed by atoms with Gasteiger partial charge >= 0.3 is 12.1 Å². The molecule has 1 amide bonds. The van der Waals surface area contributed by atoms with E-state index in [9.17, 15) is 18.0 Å². The average molecular weight is 415 g/mol. The van der Waals surface area contributed by atoms with Crippen LogP contribution >= 0.6 is 11.3 Å². The van der Waals surface area contributed by atoms with Crippen LogP contribution in [0.2, 0.25) is 0 Å². The molecule has 28 heavy (non-hydrogen) atoms. The number of aliphatic carboxylic acids is 1. The van der Waals surface area contributed by atoms with E-state index in [4.69, 9.17) is 19.8 Å². The molecule has 0 bridgehead atoms. The van der Waals surface area contributed by atoms with Gasteiger partial charge in [-0.05, 0) is 24.3 Å². The zero-order valence-corrected chi connectivity index (χ0v) is 14.8. The number of carbonyl (C=O) groups excluding carboxylic acids is 1. The van der Waals surface area contributed by atoms with Crippen molar-refractivity contribution in [3.8, 4) is 16.3 Å². The van der Waals surface area contributed by atoms with Crippen LogP contribution in [0.1, 0.15) is 10.4 Å². The number of pyridine rings is 1. The van der Waals surface area contributed by atoms with E-state index in [2.05, 4.69) is 9.97 Å². The van der Waals surface area contributed by atoms with Crippen LogP contribution in [0.25, 0.3) is 20.8 Å². The molecule has 8 nitrogen and oxygen atoms in total. The summed E-state index contributed by atoms with van der Waals surface area (Å²) in [6.45, 7) is 0. The van der Waals surface area contributed by atoms with Crippen molar-refractivity contribution in [1.82, 2.24) is 15.4 Å². The Hall–Kier alpha value is -3.25. The lowest BCUT2D eigenvalue weighted by Crippen LogP contribution is -2.21. The second-order valence-corrected chi connectivity index (χ2v) is 6.09. The van der Waals surface area contributed by atoms with Crippen molar-refractivity contribution in [3.63, 3.8) is 0 Å². The summed E-state index contributed by atoms with van der Waals surface area (Å²) in [7, 11) is 1.58. The number of alkyl halides is 3. The Balaban J connectivity index is 0.000000345. The molecule has 0 saturated heterocycles. The van der Waals surface area contributed by atoms with Gasteiger partial charge in [-0.3, -0.25) is 15.0 Å². The highest BCUT2D eigenvalue weighted by molar-refractivity contribution is 7.21. The fraction of sp³-hybridized carbons (Fsp3) is 0.125. The van der Waals surface area contributed by atoms with E-state index in [-0.39, 0.29) is 0 Å². The van der Waals surface area contributed by atoms with Crippen molar-refractivity contribution in [1.29, 1.82) is 0 Å². The molecule has 0 fully saturated rings. The van der Waals surface area contributed by atoms with E-state index < -0.39 is 18.1 Å². The maximum Gasteiger partial charge on any atom is 0.490 e. The number of nitrogens with zero attached hydrogens (tertiary/aromatic N) is 2. The maximum atomic E-state index is 11.4. The number of fused-ring (bicyclic) bond motifs is 1. The first kappa shape index (κ1) is 21.1. The third-order valence-electron chi connectivity index (χ3n) is 3.19. The fourth-order valence-electron chi connectivity index (χ4n) is 1.90. The zero-order valence-electron chi connectivity index (χ0n) is 14.0. The van der Waals surface area contributed by atoms with E-state index in [0.29, 0.717) is 11.3 Å².